The number of halogens is 3. The van der Waals surface area contributed by atoms with Crippen LogP contribution in [-0.4, -0.2) is 27.8 Å². The van der Waals surface area contributed by atoms with Crippen molar-refractivity contribution in [2.45, 2.75) is 25.1 Å². The van der Waals surface area contributed by atoms with Crippen molar-refractivity contribution in [2.75, 3.05) is 11.9 Å². The molecule has 0 radical (unpaired) electrons. The molecule has 0 heterocycles. The van der Waals surface area contributed by atoms with E-state index in [-0.39, 0.29) is 17.7 Å². The highest BCUT2D eigenvalue weighted by Crippen LogP contribution is 2.37. The fourth-order valence-electron chi connectivity index (χ4n) is 3.30. The number of amides is 1. The van der Waals surface area contributed by atoms with Gasteiger partial charge < -0.3 is 20.8 Å². The summed E-state index contributed by atoms with van der Waals surface area (Å²) in [5, 5.41) is 2.25. The Morgan fingerprint density at radius 3 is 2.17 bits per heavy atom. The lowest BCUT2D eigenvalue weighted by molar-refractivity contribution is -0.138. The summed E-state index contributed by atoms with van der Waals surface area (Å²) in [6.07, 6.45) is -4.67. The van der Waals surface area contributed by atoms with Crippen LogP contribution in [0.15, 0.2) is 72.8 Å². The van der Waals surface area contributed by atoms with Crippen molar-refractivity contribution < 1.29 is 36.8 Å². The van der Waals surface area contributed by atoms with E-state index in [9.17, 15) is 22.5 Å². The smallest absolute Gasteiger partial charge is 0.324 e. The summed E-state index contributed by atoms with van der Waals surface area (Å²) >= 11 is 0. The molecule has 1 atom stereocenters. The summed E-state index contributed by atoms with van der Waals surface area (Å²) in [5.41, 5.74) is 5.36. The molecule has 0 unspecified atom stereocenters. The summed E-state index contributed by atoms with van der Waals surface area (Å²) in [4.78, 5) is 29.9. The number of hydrogen-bond donors (Lipinski definition) is 4. The Bertz CT molecular complexity index is 1230. The summed E-state index contributed by atoms with van der Waals surface area (Å²) in [5.74, 6) is -0.969. The minimum absolute atomic E-state index is 0.0167. The molecular formula is C24H24F3N2O5P. The fraction of sp³-hybridized carbons (Fsp3) is 0.208. The van der Waals surface area contributed by atoms with Crippen LogP contribution in [0.25, 0.3) is 11.1 Å². The van der Waals surface area contributed by atoms with Crippen LogP contribution >= 0.6 is 7.82 Å². The zero-order valence-corrected chi connectivity index (χ0v) is 19.5. The minimum Gasteiger partial charge on any atom is -0.324 e. The molecule has 3 rings (SSSR count). The maximum atomic E-state index is 13.8. The number of carbonyl (C=O) groups excluding carboxylic acids is 1. The standard InChI is InChI=1S/C24H24F3N2O5P/c1-23(28,15-34-35(31,32)33)22(30)29-20-12-11-19(21(14-20)24(25,26)27)13-16-7-9-18(10-8-16)17-5-3-2-4-6-17/h2-12,14H,13,15,28H2,1H3,(H,29,30)(H2,31,32,33)/t23-/m0/s1. The van der Waals surface area contributed by atoms with Crippen molar-refractivity contribution in [3.63, 3.8) is 0 Å². The molecule has 0 aliphatic carbocycles. The first-order chi connectivity index (χ1) is 16.2. The number of nitrogens with two attached hydrogens (primary N) is 1. The lowest BCUT2D eigenvalue weighted by Crippen LogP contribution is -2.52. The molecule has 35 heavy (non-hydrogen) atoms. The van der Waals surface area contributed by atoms with Crippen LogP contribution in [0.5, 0.6) is 0 Å². The second kappa shape index (κ2) is 10.3. The highest BCUT2D eigenvalue weighted by atomic mass is 31.2. The van der Waals surface area contributed by atoms with Gasteiger partial charge in [-0.05, 0) is 47.7 Å². The van der Waals surface area contributed by atoms with Crippen molar-refractivity contribution in [1.82, 2.24) is 0 Å². The second-order valence-electron chi connectivity index (χ2n) is 8.25. The molecular weight excluding hydrogens is 484 g/mol. The monoisotopic (exact) mass is 508 g/mol. The van der Waals surface area contributed by atoms with Crippen LogP contribution in [0.3, 0.4) is 0 Å². The number of phosphoric acid groups is 1. The normalized spacial score (nSPS) is 13.8. The molecule has 1 amide bonds. The second-order valence-corrected chi connectivity index (χ2v) is 9.48. The predicted molar refractivity (Wildman–Crippen MR) is 125 cm³/mol. The molecule has 0 aromatic heterocycles. The van der Waals surface area contributed by atoms with E-state index in [1.807, 2.05) is 42.5 Å². The van der Waals surface area contributed by atoms with E-state index in [1.54, 1.807) is 12.1 Å². The molecule has 3 aromatic rings. The molecule has 7 nitrogen and oxygen atoms in total. The first-order valence-corrected chi connectivity index (χ1v) is 11.9. The average molecular weight is 508 g/mol. The van der Waals surface area contributed by atoms with Gasteiger partial charge in [-0.3, -0.25) is 9.32 Å². The van der Waals surface area contributed by atoms with Crippen molar-refractivity contribution in [1.29, 1.82) is 0 Å². The van der Waals surface area contributed by atoms with Crippen LogP contribution in [0.4, 0.5) is 18.9 Å². The van der Waals surface area contributed by atoms with Gasteiger partial charge in [-0.2, -0.15) is 13.2 Å². The van der Waals surface area contributed by atoms with E-state index in [1.165, 1.54) is 12.1 Å². The Morgan fingerprint density at radius 2 is 1.60 bits per heavy atom. The fourth-order valence-corrected chi connectivity index (χ4v) is 3.73. The van der Waals surface area contributed by atoms with Gasteiger partial charge in [0.25, 0.3) is 0 Å². The van der Waals surface area contributed by atoms with Gasteiger partial charge in [-0.1, -0.05) is 60.7 Å². The molecule has 0 aliphatic heterocycles. The first kappa shape index (κ1) is 26.6. The SMILES string of the molecule is C[C@](N)(COP(=O)(O)O)C(=O)Nc1ccc(Cc2ccc(-c3ccccc3)cc2)c(C(F)(F)F)c1. The van der Waals surface area contributed by atoms with Crippen LogP contribution in [0.1, 0.15) is 23.6 Å². The van der Waals surface area contributed by atoms with E-state index in [2.05, 4.69) is 9.84 Å². The number of hydrogen-bond acceptors (Lipinski definition) is 4. The third-order valence-electron chi connectivity index (χ3n) is 5.18. The maximum absolute atomic E-state index is 13.8. The zero-order chi connectivity index (χ0) is 25.9. The Hall–Kier alpha value is -3.01. The van der Waals surface area contributed by atoms with E-state index in [4.69, 9.17) is 15.5 Å². The highest BCUT2D eigenvalue weighted by molar-refractivity contribution is 7.46. The summed E-state index contributed by atoms with van der Waals surface area (Å²) < 4.78 is 56.5. The van der Waals surface area contributed by atoms with Crippen LogP contribution in [-0.2, 0) is 26.5 Å². The molecule has 0 bridgehead atoms. The number of carbonyl (C=O) groups is 1. The summed E-state index contributed by atoms with van der Waals surface area (Å²) in [6.45, 7) is 0.294. The van der Waals surface area contributed by atoms with E-state index in [0.717, 1.165) is 24.1 Å². The number of phosphoric ester groups is 1. The van der Waals surface area contributed by atoms with Crippen LogP contribution < -0.4 is 11.1 Å². The molecule has 11 heteroatoms. The third-order valence-corrected chi connectivity index (χ3v) is 5.65. The summed E-state index contributed by atoms with van der Waals surface area (Å²) in [6, 6.07) is 20.2. The number of anilines is 1. The van der Waals surface area contributed by atoms with Crippen molar-refractivity contribution in [2.24, 2.45) is 5.73 Å². The van der Waals surface area contributed by atoms with Crippen molar-refractivity contribution in [3.05, 3.63) is 89.5 Å². The van der Waals surface area contributed by atoms with Crippen LogP contribution in [0.2, 0.25) is 0 Å². The van der Waals surface area contributed by atoms with Gasteiger partial charge in [-0.15, -0.1) is 0 Å². The van der Waals surface area contributed by atoms with Gasteiger partial charge >= 0.3 is 14.0 Å². The first-order valence-electron chi connectivity index (χ1n) is 10.4. The Kier molecular flexibility index (Phi) is 7.83. The molecule has 5 N–H and O–H groups in total. The van der Waals surface area contributed by atoms with Gasteiger partial charge in [0.15, 0.2) is 0 Å². The molecule has 0 saturated carbocycles. The Labute approximate surface area is 200 Å². The Morgan fingerprint density at radius 1 is 1.00 bits per heavy atom. The van der Waals surface area contributed by atoms with Gasteiger partial charge in [-0.25, -0.2) is 4.57 Å². The van der Waals surface area contributed by atoms with Gasteiger partial charge in [0.05, 0.1) is 12.2 Å². The number of rotatable bonds is 8. The zero-order valence-electron chi connectivity index (χ0n) is 18.6. The molecule has 0 saturated heterocycles. The van der Waals surface area contributed by atoms with Crippen LogP contribution in [0, 0.1) is 0 Å². The van der Waals surface area contributed by atoms with E-state index in [0.29, 0.717) is 5.56 Å². The third kappa shape index (κ3) is 7.48. The topological polar surface area (TPSA) is 122 Å². The lowest BCUT2D eigenvalue weighted by Gasteiger charge is -2.24. The van der Waals surface area contributed by atoms with E-state index < -0.39 is 37.6 Å². The molecule has 0 fully saturated rings. The van der Waals surface area contributed by atoms with Gasteiger partial charge in [0.2, 0.25) is 5.91 Å². The van der Waals surface area contributed by atoms with Crippen molar-refractivity contribution >= 4 is 19.4 Å². The highest BCUT2D eigenvalue weighted by Gasteiger charge is 2.35. The molecule has 3 aromatic carbocycles. The van der Waals surface area contributed by atoms with Crippen molar-refractivity contribution in [3.8, 4) is 11.1 Å². The largest absolute Gasteiger partial charge is 0.469 e. The lowest BCUT2D eigenvalue weighted by atomic mass is 9.96. The van der Waals surface area contributed by atoms with Gasteiger partial charge in [0, 0.05) is 5.69 Å². The molecule has 0 aliphatic rings. The molecule has 186 valence electrons. The maximum Gasteiger partial charge on any atom is 0.469 e. The predicted octanol–water partition coefficient (Wildman–Crippen LogP) is 4.73. The minimum atomic E-state index is -4.88. The molecule has 0 spiro atoms. The average Bonchev–Trinajstić information content (AvgIpc) is 2.79. The summed E-state index contributed by atoms with van der Waals surface area (Å²) in [7, 11) is -4.88. The number of nitrogens with one attached hydrogen (secondary N) is 1. The quantitative estimate of drug-likeness (QED) is 0.327. The number of benzene rings is 3. The number of alkyl halides is 3. The van der Waals surface area contributed by atoms with Gasteiger partial charge in [0.1, 0.15) is 5.54 Å². The Balaban J connectivity index is 1.79. The van der Waals surface area contributed by atoms with E-state index >= 15 is 0 Å².